The maximum absolute atomic E-state index is 4.51. The molecule has 0 aliphatic heterocycles. The molecule has 2 aromatic rings. The molecular formula is C8H3BrN2S2. The van der Waals surface area contributed by atoms with Crippen LogP contribution in [-0.2, 0) is 0 Å². The zero-order valence-electron chi connectivity index (χ0n) is 6.32. The first-order chi connectivity index (χ1) is 6.29. The normalized spacial score (nSPS) is 9.92. The second kappa shape index (κ2) is 3.64. The Bertz CT molecular complexity index is 500. The van der Waals surface area contributed by atoms with Crippen molar-refractivity contribution in [2.24, 2.45) is 4.99 Å². The van der Waals surface area contributed by atoms with Crippen LogP contribution in [0.3, 0.4) is 0 Å². The highest BCUT2D eigenvalue weighted by molar-refractivity contribution is 9.10. The molecule has 1 aromatic heterocycles. The average Bonchev–Trinajstić information content (AvgIpc) is 2.46. The number of thiazole rings is 1. The summed E-state index contributed by atoms with van der Waals surface area (Å²) in [7, 11) is 0. The Morgan fingerprint density at radius 3 is 3.15 bits per heavy atom. The summed E-state index contributed by atoms with van der Waals surface area (Å²) in [6.07, 6.45) is 0. The minimum atomic E-state index is 0.656. The molecule has 0 aliphatic rings. The zero-order chi connectivity index (χ0) is 9.26. The van der Waals surface area contributed by atoms with Crippen LogP contribution in [0.1, 0.15) is 0 Å². The van der Waals surface area contributed by atoms with Crippen LogP contribution >= 0.6 is 39.5 Å². The molecule has 1 heterocycles. The first kappa shape index (κ1) is 8.97. The molecule has 0 amide bonds. The van der Waals surface area contributed by atoms with Crippen molar-refractivity contribution in [2.45, 2.75) is 0 Å². The van der Waals surface area contributed by atoms with Gasteiger partial charge in [-0.1, -0.05) is 27.3 Å². The lowest BCUT2D eigenvalue weighted by Gasteiger charge is -1.86. The zero-order valence-corrected chi connectivity index (χ0v) is 9.54. The number of rotatable bonds is 1. The lowest BCUT2D eigenvalue weighted by Crippen LogP contribution is -1.66. The third-order valence-electron chi connectivity index (χ3n) is 1.48. The number of isothiocyanates is 1. The fourth-order valence-corrected chi connectivity index (χ4v) is 2.47. The average molecular weight is 271 g/mol. The monoisotopic (exact) mass is 270 g/mol. The van der Waals surface area contributed by atoms with Gasteiger partial charge < -0.3 is 0 Å². The van der Waals surface area contributed by atoms with Gasteiger partial charge in [-0.3, -0.25) is 0 Å². The standard InChI is InChI=1S/C8H3BrN2S2/c9-5-1-2-6-7(3-5)13-8(11-6)10-4-12/h1-3H. The fourth-order valence-electron chi connectivity index (χ4n) is 0.973. The smallest absolute Gasteiger partial charge is 0.218 e. The fraction of sp³-hybridized carbons (Fsp3) is 0. The van der Waals surface area contributed by atoms with Crippen molar-refractivity contribution >= 4 is 60.0 Å². The molecule has 2 rings (SSSR count). The molecule has 1 aromatic carbocycles. The summed E-state index contributed by atoms with van der Waals surface area (Å²) in [6.45, 7) is 0. The number of fused-ring (bicyclic) bond motifs is 1. The number of aromatic nitrogens is 1. The Morgan fingerprint density at radius 2 is 2.38 bits per heavy atom. The van der Waals surface area contributed by atoms with E-state index in [0.717, 1.165) is 14.7 Å². The van der Waals surface area contributed by atoms with E-state index >= 15 is 0 Å². The third-order valence-corrected chi connectivity index (χ3v) is 2.98. The van der Waals surface area contributed by atoms with Crippen LogP contribution in [0, 0.1) is 0 Å². The molecule has 0 spiro atoms. The number of benzene rings is 1. The molecule has 0 N–H and O–H groups in total. The second-order valence-corrected chi connectivity index (χ2v) is 4.42. The van der Waals surface area contributed by atoms with E-state index in [-0.39, 0.29) is 0 Å². The largest absolute Gasteiger partial charge is 0.219 e. The Labute approximate surface area is 92.5 Å². The van der Waals surface area contributed by atoms with Gasteiger partial charge >= 0.3 is 0 Å². The van der Waals surface area contributed by atoms with E-state index < -0.39 is 0 Å². The van der Waals surface area contributed by atoms with E-state index in [1.165, 1.54) is 11.3 Å². The van der Waals surface area contributed by atoms with E-state index in [9.17, 15) is 0 Å². The molecule has 13 heavy (non-hydrogen) atoms. The van der Waals surface area contributed by atoms with Gasteiger partial charge in [0.2, 0.25) is 5.13 Å². The third kappa shape index (κ3) is 1.84. The van der Waals surface area contributed by atoms with Crippen LogP contribution in [0.5, 0.6) is 0 Å². The maximum Gasteiger partial charge on any atom is 0.219 e. The summed E-state index contributed by atoms with van der Waals surface area (Å²) >= 11 is 9.40. The van der Waals surface area contributed by atoms with Crippen molar-refractivity contribution in [3.8, 4) is 0 Å². The number of halogens is 1. The molecule has 0 saturated carbocycles. The summed E-state index contributed by atoms with van der Waals surface area (Å²) in [5.74, 6) is 0. The van der Waals surface area contributed by atoms with Gasteiger partial charge in [0.15, 0.2) is 0 Å². The summed E-state index contributed by atoms with van der Waals surface area (Å²) < 4.78 is 2.14. The van der Waals surface area contributed by atoms with Gasteiger partial charge in [-0.15, -0.1) is 0 Å². The SMILES string of the molecule is S=C=Nc1nc2ccc(Br)cc2s1. The van der Waals surface area contributed by atoms with Crippen molar-refractivity contribution in [3.05, 3.63) is 22.7 Å². The molecule has 0 atom stereocenters. The molecule has 0 bridgehead atoms. The Hall–Kier alpha value is -0.610. The Kier molecular flexibility index (Phi) is 2.51. The highest BCUT2D eigenvalue weighted by Gasteiger charge is 2.01. The maximum atomic E-state index is 4.51. The first-order valence-electron chi connectivity index (χ1n) is 3.43. The van der Waals surface area contributed by atoms with Crippen LogP contribution in [0.2, 0.25) is 0 Å². The summed E-state index contributed by atoms with van der Waals surface area (Å²) in [6, 6.07) is 5.90. The molecule has 64 valence electrons. The van der Waals surface area contributed by atoms with Crippen molar-refractivity contribution in [1.82, 2.24) is 4.98 Å². The highest BCUT2D eigenvalue weighted by atomic mass is 79.9. The van der Waals surface area contributed by atoms with E-state index in [0.29, 0.717) is 5.13 Å². The predicted molar refractivity (Wildman–Crippen MR) is 62.0 cm³/mol. The Balaban J connectivity index is 2.68. The van der Waals surface area contributed by atoms with Crippen molar-refractivity contribution in [1.29, 1.82) is 0 Å². The number of hydrogen-bond acceptors (Lipinski definition) is 4. The van der Waals surface area contributed by atoms with Crippen LogP contribution in [0.25, 0.3) is 10.2 Å². The number of hydrogen-bond donors (Lipinski definition) is 0. The van der Waals surface area contributed by atoms with Gasteiger partial charge in [0.05, 0.1) is 15.4 Å². The van der Waals surface area contributed by atoms with Crippen molar-refractivity contribution < 1.29 is 0 Å². The van der Waals surface area contributed by atoms with E-state index in [4.69, 9.17) is 0 Å². The van der Waals surface area contributed by atoms with Crippen LogP contribution in [0.15, 0.2) is 27.7 Å². The minimum Gasteiger partial charge on any atom is -0.218 e. The molecule has 0 saturated heterocycles. The molecule has 2 nitrogen and oxygen atoms in total. The van der Waals surface area contributed by atoms with Gasteiger partial charge in [-0.05, 0) is 30.4 Å². The molecule has 0 unspecified atom stereocenters. The number of thiocarbonyl (C=S) groups is 1. The molecule has 0 fully saturated rings. The number of nitrogens with zero attached hydrogens (tertiary/aromatic N) is 2. The Morgan fingerprint density at radius 1 is 1.54 bits per heavy atom. The lowest BCUT2D eigenvalue weighted by atomic mass is 10.3. The van der Waals surface area contributed by atoms with Crippen LogP contribution in [0.4, 0.5) is 5.13 Å². The van der Waals surface area contributed by atoms with Gasteiger partial charge in [0.25, 0.3) is 0 Å². The quantitative estimate of drug-likeness (QED) is 0.582. The molecular weight excluding hydrogens is 268 g/mol. The highest BCUT2D eigenvalue weighted by Crippen LogP contribution is 2.29. The van der Waals surface area contributed by atoms with Crippen LogP contribution in [-0.4, -0.2) is 10.1 Å². The van der Waals surface area contributed by atoms with Gasteiger partial charge in [-0.2, -0.15) is 4.99 Å². The molecule has 0 radical (unpaired) electrons. The van der Waals surface area contributed by atoms with E-state index in [1.807, 2.05) is 18.2 Å². The van der Waals surface area contributed by atoms with Gasteiger partial charge in [0.1, 0.15) is 0 Å². The van der Waals surface area contributed by atoms with Gasteiger partial charge in [0, 0.05) is 4.47 Å². The number of aliphatic imine (C=N–C) groups is 1. The van der Waals surface area contributed by atoms with Crippen LogP contribution < -0.4 is 0 Å². The van der Waals surface area contributed by atoms with Crippen molar-refractivity contribution in [2.75, 3.05) is 0 Å². The second-order valence-electron chi connectivity index (χ2n) is 2.31. The lowest BCUT2D eigenvalue weighted by molar-refractivity contribution is 1.42. The van der Waals surface area contributed by atoms with E-state index in [1.54, 1.807) is 0 Å². The summed E-state index contributed by atoms with van der Waals surface area (Å²) in [4.78, 5) is 8.08. The molecule has 0 aliphatic carbocycles. The summed E-state index contributed by atoms with van der Waals surface area (Å²) in [5, 5.41) is 2.96. The topological polar surface area (TPSA) is 25.2 Å². The summed E-state index contributed by atoms with van der Waals surface area (Å²) in [5.41, 5.74) is 0.942. The predicted octanol–water partition coefficient (Wildman–Crippen LogP) is 3.79. The van der Waals surface area contributed by atoms with Crippen molar-refractivity contribution in [3.63, 3.8) is 0 Å². The minimum absolute atomic E-state index is 0.656. The van der Waals surface area contributed by atoms with E-state index in [2.05, 4.69) is 43.3 Å². The molecule has 5 heteroatoms. The first-order valence-corrected chi connectivity index (χ1v) is 5.45. The van der Waals surface area contributed by atoms with Gasteiger partial charge in [-0.25, -0.2) is 4.98 Å².